The number of carbonyl (C=O) groups excluding carboxylic acids is 1. The van der Waals surface area contributed by atoms with E-state index in [0.29, 0.717) is 10.8 Å². The molecule has 0 aliphatic heterocycles. The topological polar surface area (TPSA) is 58.6 Å². The Morgan fingerprint density at radius 2 is 2.29 bits per heavy atom. The number of aliphatic hydroxyl groups excluding tert-OH is 1. The van der Waals surface area contributed by atoms with E-state index in [1.807, 2.05) is 6.92 Å². The van der Waals surface area contributed by atoms with Gasteiger partial charge in [-0.05, 0) is 37.6 Å². The standard InChI is InChI=1S/C12H16ClNO3/c1-8-7-10(13)3-4-11(8)17-9(2)12(16)14-5-6-15/h3-4,7,9,15H,5-6H2,1-2H3,(H,14,16). The first-order valence-corrected chi connectivity index (χ1v) is 5.73. The van der Waals surface area contributed by atoms with Crippen molar-refractivity contribution >= 4 is 17.5 Å². The number of ether oxygens (including phenoxy) is 1. The highest BCUT2D eigenvalue weighted by Crippen LogP contribution is 2.22. The average molecular weight is 258 g/mol. The van der Waals surface area contributed by atoms with E-state index in [4.69, 9.17) is 21.4 Å². The predicted octanol–water partition coefficient (Wildman–Crippen LogP) is 1.52. The lowest BCUT2D eigenvalue weighted by molar-refractivity contribution is -0.127. The second-order valence-electron chi connectivity index (χ2n) is 3.68. The SMILES string of the molecule is Cc1cc(Cl)ccc1OC(C)C(=O)NCCO. The molecule has 0 aromatic heterocycles. The Kier molecular flexibility index (Phi) is 5.25. The van der Waals surface area contributed by atoms with Crippen LogP contribution in [0.4, 0.5) is 0 Å². The van der Waals surface area contributed by atoms with Gasteiger partial charge in [-0.1, -0.05) is 11.6 Å². The van der Waals surface area contributed by atoms with Gasteiger partial charge < -0.3 is 15.2 Å². The average Bonchev–Trinajstić information content (AvgIpc) is 2.29. The summed E-state index contributed by atoms with van der Waals surface area (Å²) in [6.45, 7) is 3.66. The molecule has 17 heavy (non-hydrogen) atoms. The number of hydrogen-bond donors (Lipinski definition) is 2. The number of benzene rings is 1. The van der Waals surface area contributed by atoms with E-state index in [1.54, 1.807) is 25.1 Å². The number of nitrogens with one attached hydrogen (secondary N) is 1. The molecule has 4 nitrogen and oxygen atoms in total. The molecular weight excluding hydrogens is 242 g/mol. The lowest BCUT2D eigenvalue weighted by atomic mass is 10.2. The normalized spacial score (nSPS) is 12.0. The Morgan fingerprint density at radius 1 is 1.59 bits per heavy atom. The van der Waals surface area contributed by atoms with Gasteiger partial charge in [0.05, 0.1) is 6.61 Å². The van der Waals surface area contributed by atoms with Crippen molar-refractivity contribution in [1.82, 2.24) is 5.32 Å². The third kappa shape index (κ3) is 4.24. The first-order chi connectivity index (χ1) is 8.04. The van der Waals surface area contributed by atoms with Crippen LogP contribution in [0.2, 0.25) is 5.02 Å². The van der Waals surface area contributed by atoms with Gasteiger partial charge >= 0.3 is 0 Å². The Balaban J connectivity index is 2.61. The number of rotatable bonds is 5. The fourth-order valence-corrected chi connectivity index (χ4v) is 1.54. The van der Waals surface area contributed by atoms with E-state index < -0.39 is 6.10 Å². The molecule has 1 unspecified atom stereocenters. The quantitative estimate of drug-likeness (QED) is 0.841. The first kappa shape index (κ1) is 13.8. The zero-order chi connectivity index (χ0) is 12.8. The molecule has 0 heterocycles. The summed E-state index contributed by atoms with van der Waals surface area (Å²) in [6, 6.07) is 5.21. The molecule has 0 spiro atoms. The van der Waals surface area contributed by atoms with Crippen molar-refractivity contribution in [2.75, 3.05) is 13.2 Å². The summed E-state index contributed by atoms with van der Waals surface area (Å²) in [5.41, 5.74) is 0.874. The summed E-state index contributed by atoms with van der Waals surface area (Å²) in [4.78, 5) is 11.5. The molecule has 0 aliphatic carbocycles. The van der Waals surface area contributed by atoms with Crippen molar-refractivity contribution in [3.8, 4) is 5.75 Å². The van der Waals surface area contributed by atoms with Crippen molar-refractivity contribution in [3.63, 3.8) is 0 Å². The lowest BCUT2D eigenvalue weighted by Gasteiger charge is -2.16. The molecule has 1 aromatic rings. The van der Waals surface area contributed by atoms with Crippen LogP contribution in [-0.2, 0) is 4.79 Å². The Bertz CT molecular complexity index is 395. The first-order valence-electron chi connectivity index (χ1n) is 5.36. The Labute approximate surface area is 106 Å². The number of amides is 1. The number of aryl methyl sites for hydroxylation is 1. The van der Waals surface area contributed by atoms with Crippen LogP contribution in [0, 0.1) is 6.92 Å². The van der Waals surface area contributed by atoms with Crippen LogP contribution in [-0.4, -0.2) is 30.3 Å². The zero-order valence-corrected chi connectivity index (χ0v) is 10.6. The number of hydrogen-bond acceptors (Lipinski definition) is 3. The molecule has 1 amide bonds. The monoisotopic (exact) mass is 257 g/mol. The third-order valence-electron chi connectivity index (χ3n) is 2.22. The van der Waals surface area contributed by atoms with Gasteiger partial charge in [-0.25, -0.2) is 0 Å². The Morgan fingerprint density at radius 3 is 2.88 bits per heavy atom. The van der Waals surface area contributed by atoms with Crippen LogP contribution >= 0.6 is 11.6 Å². The summed E-state index contributed by atoms with van der Waals surface area (Å²) in [6.07, 6.45) is -0.610. The van der Waals surface area contributed by atoms with Crippen LogP contribution in [0.25, 0.3) is 0 Å². The molecule has 1 atom stereocenters. The molecule has 1 rings (SSSR count). The molecular formula is C12H16ClNO3. The van der Waals surface area contributed by atoms with Gasteiger partial charge in [-0.2, -0.15) is 0 Å². The van der Waals surface area contributed by atoms with Gasteiger partial charge in [0.25, 0.3) is 5.91 Å². The van der Waals surface area contributed by atoms with E-state index >= 15 is 0 Å². The third-order valence-corrected chi connectivity index (χ3v) is 2.46. The van der Waals surface area contributed by atoms with Crippen molar-refractivity contribution < 1.29 is 14.6 Å². The van der Waals surface area contributed by atoms with Crippen molar-refractivity contribution in [3.05, 3.63) is 28.8 Å². The molecule has 2 N–H and O–H groups in total. The highest BCUT2D eigenvalue weighted by atomic mass is 35.5. The molecule has 0 saturated heterocycles. The maximum atomic E-state index is 11.5. The summed E-state index contributed by atoms with van der Waals surface area (Å²) < 4.78 is 5.51. The molecule has 94 valence electrons. The minimum Gasteiger partial charge on any atom is -0.481 e. The molecule has 0 aliphatic rings. The van der Waals surface area contributed by atoms with Gasteiger partial charge in [-0.15, -0.1) is 0 Å². The molecule has 0 radical (unpaired) electrons. The smallest absolute Gasteiger partial charge is 0.260 e. The van der Waals surface area contributed by atoms with Gasteiger partial charge in [-0.3, -0.25) is 4.79 Å². The zero-order valence-electron chi connectivity index (χ0n) is 9.87. The maximum absolute atomic E-state index is 11.5. The highest BCUT2D eigenvalue weighted by Gasteiger charge is 2.14. The summed E-state index contributed by atoms with van der Waals surface area (Å²) >= 11 is 5.82. The van der Waals surface area contributed by atoms with Gasteiger partial charge in [0.2, 0.25) is 0 Å². The van der Waals surface area contributed by atoms with Crippen LogP contribution in [0.3, 0.4) is 0 Å². The van der Waals surface area contributed by atoms with Crippen molar-refractivity contribution in [2.24, 2.45) is 0 Å². The van der Waals surface area contributed by atoms with Gasteiger partial charge in [0, 0.05) is 11.6 Å². The maximum Gasteiger partial charge on any atom is 0.260 e. The van der Waals surface area contributed by atoms with E-state index in [-0.39, 0.29) is 19.1 Å². The predicted molar refractivity (Wildman–Crippen MR) is 66.4 cm³/mol. The molecule has 0 bridgehead atoms. The fraction of sp³-hybridized carbons (Fsp3) is 0.417. The molecule has 0 fully saturated rings. The minimum absolute atomic E-state index is 0.0849. The minimum atomic E-state index is -0.610. The largest absolute Gasteiger partial charge is 0.481 e. The Hall–Kier alpha value is -1.26. The van der Waals surface area contributed by atoms with Crippen LogP contribution in [0.1, 0.15) is 12.5 Å². The van der Waals surface area contributed by atoms with E-state index in [9.17, 15) is 4.79 Å². The fourth-order valence-electron chi connectivity index (χ4n) is 1.31. The number of halogens is 1. The van der Waals surface area contributed by atoms with Gasteiger partial charge in [0.1, 0.15) is 5.75 Å². The van der Waals surface area contributed by atoms with E-state index in [2.05, 4.69) is 5.32 Å². The molecule has 0 saturated carbocycles. The van der Waals surface area contributed by atoms with E-state index in [1.165, 1.54) is 0 Å². The van der Waals surface area contributed by atoms with Crippen molar-refractivity contribution in [2.45, 2.75) is 20.0 Å². The van der Waals surface area contributed by atoms with E-state index in [0.717, 1.165) is 5.56 Å². The molecule has 5 heteroatoms. The van der Waals surface area contributed by atoms with Crippen molar-refractivity contribution in [1.29, 1.82) is 0 Å². The number of aliphatic hydroxyl groups is 1. The second-order valence-corrected chi connectivity index (χ2v) is 4.12. The molecule has 1 aromatic carbocycles. The summed E-state index contributed by atoms with van der Waals surface area (Å²) in [5, 5.41) is 11.8. The second kappa shape index (κ2) is 6.47. The van der Waals surface area contributed by atoms with Crippen LogP contribution in [0.15, 0.2) is 18.2 Å². The summed E-state index contributed by atoms with van der Waals surface area (Å²) in [7, 11) is 0. The van der Waals surface area contributed by atoms with Crippen LogP contribution < -0.4 is 10.1 Å². The lowest BCUT2D eigenvalue weighted by Crippen LogP contribution is -2.37. The summed E-state index contributed by atoms with van der Waals surface area (Å²) in [5.74, 6) is 0.370. The van der Waals surface area contributed by atoms with Crippen LogP contribution in [0.5, 0.6) is 5.75 Å². The highest BCUT2D eigenvalue weighted by molar-refractivity contribution is 6.30. The van der Waals surface area contributed by atoms with Gasteiger partial charge in [0.15, 0.2) is 6.10 Å². The number of carbonyl (C=O) groups is 1.